The van der Waals surface area contributed by atoms with E-state index in [4.69, 9.17) is 4.74 Å². The van der Waals surface area contributed by atoms with Crippen molar-refractivity contribution < 1.29 is 34.4 Å². The number of phenolic OH excluding ortho intramolecular Hbond substituents is 3. The number of benzene rings is 2. The van der Waals surface area contributed by atoms with Crippen LogP contribution in [0.2, 0.25) is 0 Å². The Kier molecular flexibility index (Phi) is 4.15. The Morgan fingerprint density at radius 3 is 2.12 bits per heavy atom. The average Bonchev–Trinajstić information content (AvgIpc) is 2.55. The monoisotopic (exact) mass is 356 g/mol. The van der Waals surface area contributed by atoms with E-state index in [1.165, 1.54) is 19.1 Å². The van der Waals surface area contributed by atoms with E-state index in [1.54, 1.807) is 6.92 Å². The molecule has 1 atom stereocenters. The fourth-order valence-corrected chi connectivity index (χ4v) is 3.14. The third kappa shape index (κ3) is 2.67. The van der Waals surface area contributed by atoms with Crippen LogP contribution >= 0.6 is 0 Å². The lowest BCUT2D eigenvalue weighted by molar-refractivity contribution is -0.146. The van der Waals surface area contributed by atoms with Crippen LogP contribution < -0.4 is 0 Å². The minimum Gasteiger partial charge on any atom is -0.508 e. The van der Waals surface area contributed by atoms with E-state index in [-0.39, 0.29) is 28.0 Å². The highest BCUT2D eigenvalue weighted by Crippen LogP contribution is 2.40. The summed E-state index contributed by atoms with van der Waals surface area (Å²) in [6.45, 7) is 3.01. The number of ketones is 2. The lowest BCUT2D eigenvalue weighted by atomic mass is 9.81. The fourth-order valence-electron chi connectivity index (χ4n) is 3.14. The number of ether oxygens (including phenoxy) is 1. The number of phenols is 3. The van der Waals surface area contributed by atoms with Gasteiger partial charge >= 0.3 is 5.97 Å². The molecule has 0 radical (unpaired) electrons. The number of aromatic hydroxyl groups is 3. The van der Waals surface area contributed by atoms with E-state index >= 15 is 0 Å². The summed E-state index contributed by atoms with van der Waals surface area (Å²) in [7, 11) is 0. The molecule has 1 unspecified atom stereocenters. The third-order valence-corrected chi connectivity index (χ3v) is 4.24. The van der Waals surface area contributed by atoms with Crippen LogP contribution in [0.25, 0.3) is 0 Å². The highest BCUT2D eigenvalue weighted by molar-refractivity contribution is 6.30. The predicted octanol–water partition coefficient (Wildman–Crippen LogP) is 2.59. The second kappa shape index (κ2) is 6.18. The van der Waals surface area contributed by atoms with Crippen molar-refractivity contribution in [1.82, 2.24) is 0 Å². The summed E-state index contributed by atoms with van der Waals surface area (Å²) in [6.07, 6.45) is -0.288. The van der Waals surface area contributed by atoms with Crippen molar-refractivity contribution in [3.63, 3.8) is 0 Å². The number of carbonyl (C=O) groups is 3. The van der Waals surface area contributed by atoms with Crippen molar-refractivity contribution in [1.29, 1.82) is 0 Å². The van der Waals surface area contributed by atoms with Crippen LogP contribution in [-0.4, -0.2) is 32.9 Å². The van der Waals surface area contributed by atoms with Gasteiger partial charge in [-0.3, -0.25) is 14.4 Å². The first-order valence-corrected chi connectivity index (χ1v) is 7.94. The molecule has 0 heterocycles. The summed E-state index contributed by atoms with van der Waals surface area (Å²) in [6, 6.07) is 4.69. The minimum atomic E-state index is -0.725. The molecule has 26 heavy (non-hydrogen) atoms. The van der Waals surface area contributed by atoms with Crippen molar-refractivity contribution in [2.75, 3.05) is 0 Å². The summed E-state index contributed by atoms with van der Waals surface area (Å²) in [5, 5.41) is 29.9. The molecule has 0 amide bonds. The topological polar surface area (TPSA) is 121 Å². The van der Waals surface area contributed by atoms with Gasteiger partial charge in [0.05, 0.1) is 11.1 Å². The Labute approximate surface area is 148 Å². The van der Waals surface area contributed by atoms with Crippen LogP contribution in [0.1, 0.15) is 63.8 Å². The molecule has 1 aliphatic rings. The van der Waals surface area contributed by atoms with Gasteiger partial charge in [-0.2, -0.15) is 0 Å². The van der Waals surface area contributed by atoms with Gasteiger partial charge in [0, 0.05) is 24.1 Å². The Hall–Kier alpha value is -3.35. The van der Waals surface area contributed by atoms with Gasteiger partial charge in [-0.1, -0.05) is 6.92 Å². The van der Waals surface area contributed by atoms with E-state index in [0.29, 0.717) is 12.0 Å². The van der Waals surface area contributed by atoms with E-state index in [1.807, 2.05) is 0 Å². The van der Waals surface area contributed by atoms with Crippen molar-refractivity contribution in [3.05, 3.63) is 52.1 Å². The molecular weight excluding hydrogens is 340 g/mol. The molecule has 0 spiro atoms. The molecule has 7 heteroatoms. The number of rotatable bonds is 3. The number of hydrogen-bond donors (Lipinski definition) is 3. The Morgan fingerprint density at radius 2 is 1.54 bits per heavy atom. The molecule has 3 N–H and O–H groups in total. The lowest BCUT2D eigenvalue weighted by Crippen LogP contribution is -2.22. The third-order valence-electron chi connectivity index (χ3n) is 4.24. The van der Waals surface area contributed by atoms with Gasteiger partial charge in [-0.25, -0.2) is 0 Å². The van der Waals surface area contributed by atoms with Crippen LogP contribution in [0.3, 0.4) is 0 Å². The minimum absolute atomic E-state index is 0.0758. The maximum absolute atomic E-state index is 12.8. The van der Waals surface area contributed by atoms with Crippen molar-refractivity contribution in [3.8, 4) is 17.2 Å². The zero-order chi connectivity index (χ0) is 19.2. The molecule has 0 fully saturated rings. The molecule has 0 aliphatic heterocycles. The van der Waals surface area contributed by atoms with E-state index in [0.717, 1.165) is 12.1 Å². The fraction of sp³-hybridized carbons (Fsp3) is 0.211. The summed E-state index contributed by atoms with van der Waals surface area (Å²) in [4.78, 5) is 36.8. The number of fused-ring (bicyclic) bond motifs is 2. The molecule has 1 aliphatic carbocycles. The van der Waals surface area contributed by atoms with Crippen LogP contribution in [0.5, 0.6) is 17.2 Å². The first-order valence-electron chi connectivity index (χ1n) is 7.94. The van der Waals surface area contributed by atoms with Crippen molar-refractivity contribution >= 4 is 17.5 Å². The van der Waals surface area contributed by atoms with E-state index in [9.17, 15) is 29.7 Å². The van der Waals surface area contributed by atoms with Crippen LogP contribution in [0, 0.1) is 0 Å². The highest BCUT2D eigenvalue weighted by atomic mass is 16.5. The van der Waals surface area contributed by atoms with Crippen LogP contribution in [0.15, 0.2) is 24.3 Å². The molecule has 0 saturated carbocycles. The van der Waals surface area contributed by atoms with Gasteiger partial charge in [0.1, 0.15) is 23.4 Å². The van der Waals surface area contributed by atoms with Gasteiger partial charge in [-0.15, -0.1) is 0 Å². The molecule has 0 bridgehead atoms. The normalized spacial score (nSPS) is 13.8. The van der Waals surface area contributed by atoms with E-state index < -0.39 is 35.1 Å². The second-order valence-corrected chi connectivity index (χ2v) is 6.01. The lowest BCUT2D eigenvalue weighted by Gasteiger charge is -2.22. The number of hydrogen-bond acceptors (Lipinski definition) is 7. The van der Waals surface area contributed by atoms with Crippen molar-refractivity contribution in [2.24, 2.45) is 0 Å². The maximum Gasteiger partial charge on any atom is 0.303 e. The van der Waals surface area contributed by atoms with Gasteiger partial charge in [0.2, 0.25) is 5.78 Å². The summed E-state index contributed by atoms with van der Waals surface area (Å²) in [5.74, 6) is -3.22. The molecule has 2 aromatic carbocycles. The zero-order valence-electron chi connectivity index (χ0n) is 14.1. The van der Waals surface area contributed by atoms with Crippen LogP contribution in [-0.2, 0) is 9.53 Å². The quantitative estimate of drug-likeness (QED) is 0.617. The smallest absolute Gasteiger partial charge is 0.303 e. The maximum atomic E-state index is 12.8. The van der Waals surface area contributed by atoms with Gasteiger partial charge in [0.15, 0.2) is 5.78 Å². The number of esters is 1. The molecule has 0 saturated heterocycles. The molecule has 0 aromatic heterocycles. The first kappa shape index (κ1) is 17.5. The molecule has 2 aromatic rings. The molecule has 134 valence electrons. The predicted molar refractivity (Wildman–Crippen MR) is 89.5 cm³/mol. The Morgan fingerprint density at radius 1 is 0.962 bits per heavy atom. The van der Waals surface area contributed by atoms with Gasteiger partial charge in [0.25, 0.3) is 0 Å². The average molecular weight is 356 g/mol. The summed E-state index contributed by atoms with van der Waals surface area (Å²) in [5.41, 5.74) is -0.363. The molecule has 3 rings (SSSR count). The Bertz CT molecular complexity index is 959. The van der Waals surface area contributed by atoms with Gasteiger partial charge < -0.3 is 20.1 Å². The number of carbonyl (C=O) groups excluding carboxylic acids is 3. The van der Waals surface area contributed by atoms with Gasteiger partial charge in [-0.05, 0) is 30.2 Å². The first-order chi connectivity index (χ1) is 12.2. The second-order valence-electron chi connectivity index (χ2n) is 6.01. The zero-order valence-corrected chi connectivity index (χ0v) is 14.1. The SMILES string of the molecule is CCC(OC(C)=O)c1cc(O)c2c(c1)C(=O)c1cc(O)cc(O)c1C2=O. The standard InChI is InChI=1S/C19H16O7/c1-3-15(26-8(2)20)9-4-11-16(13(22)5-9)19(25)17-12(18(11)24)6-10(21)7-14(17)23/h4-7,15,21-23H,3H2,1-2H3. The molecule has 7 nitrogen and oxygen atoms in total. The Balaban J connectivity index is 2.20. The van der Waals surface area contributed by atoms with Crippen LogP contribution in [0.4, 0.5) is 0 Å². The van der Waals surface area contributed by atoms with Crippen molar-refractivity contribution in [2.45, 2.75) is 26.4 Å². The summed E-state index contributed by atoms with van der Waals surface area (Å²) < 4.78 is 5.18. The molecular formula is C19H16O7. The van der Waals surface area contributed by atoms with E-state index in [2.05, 4.69) is 0 Å². The summed E-state index contributed by atoms with van der Waals surface area (Å²) >= 11 is 0. The largest absolute Gasteiger partial charge is 0.508 e. The highest BCUT2D eigenvalue weighted by Gasteiger charge is 2.35.